The average molecular weight is 368 g/mol. The first kappa shape index (κ1) is 19.1. The lowest BCUT2D eigenvalue weighted by molar-refractivity contribution is 0.102. The van der Waals surface area contributed by atoms with Gasteiger partial charge < -0.3 is 20.1 Å². The van der Waals surface area contributed by atoms with Crippen molar-refractivity contribution in [3.05, 3.63) is 48.0 Å². The summed E-state index contributed by atoms with van der Waals surface area (Å²) in [6.45, 7) is 2.41. The standard InChI is InChI=1S/C22H28N2O3/c1-3-27-21-15-16(9-14-20(21)26-2)22(25)24-19-12-10-18(11-13-19)23-17-7-5-4-6-8-17/h9-15,17,23H,3-8H2,1-2H3,(H,24,25). The molecule has 144 valence electrons. The van der Waals surface area contributed by atoms with E-state index in [0.29, 0.717) is 29.7 Å². The number of methoxy groups -OCH3 is 1. The van der Waals surface area contributed by atoms with Crippen molar-refractivity contribution in [3.63, 3.8) is 0 Å². The normalized spacial score (nSPS) is 14.4. The second kappa shape index (κ2) is 9.31. The van der Waals surface area contributed by atoms with E-state index in [1.54, 1.807) is 25.3 Å². The van der Waals surface area contributed by atoms with Crippen LogP contribution < -0.4 is 20.1 Å². The first-order valence-electron chi connectivity index (χ1n) is 9.68. The SMILES string of the molecule is CCOc1cc(C(=O)Nc2ccc(NC3CCCCC3)cc2)ccc1OC. The Kier molecular flexibility index (Phi) is 6.58. The second-order valence-electron chi connectivity index (χ2n) is 6.81. The highest BCUT2D eigenvalue weighted by Gasteiger charge is 2.14. The molecule has 0 bridgehead atoms. The van der Waals surface area contributed by atoms with Crippen LogP contribution >= 0.6 is 0 Å². The van der Waals surface area contributed by atoms with Crippen LogP contribution in [0.3, 0.4) is 0 Å². The molecule has 0 radical (unpaired) electrons. The monoisotopic (exact) mass is 368 g/mol. The Labute approximate surface area is 161 Å². The molecular formula is C22H28N2O3. The quantitative estimate of drug-likeness (QED) is 0.714. The number of hydrogen-bond donors (Lipinski definition) is 2. The van der Waals surface area contributed by atoms with Gasteiger partial charge >= 0.3 is 0 Å². The molecule has 5 nitrogen and oxygen atoms in total. The van der Waals surface area contributed by atoms with Gasteiger partial charge in [-0.05, 0) is 62.2 Å². The molecule has 1 amide bonds. The minimum Gasteiger partial charge on any atom is -0.493 e. The summed E-state index contributed by atoms with van der Waals surface area (Å²) < 4.78 is 10.8. The summed E-state index contributed by atoms with van der Waals surface area (Å²) in [5.74, 6) is 1.01. The zero-order valence-corrected chi connectivity index (χ0v) is 16.1. The largest absolute Gasteiger partial charge is 0.493 e. The topological polar surface area (TPSA) is 59.6 Å². The predicted molar refractivity (Wildman–Crippen MR) is 109 cm³/mol. The predicted octanol–water partition coefficient (Wildman–Crippen LogP) is 5.09. The third-order valence-electron chi connectivity index (χ3n) is 4.84. The minimum absolute atomic E-state index is 0.174. The van der Waals surface area contributed by atoms with Crippen LogP contribution in [0.1, 0.15) is 49.4 Å². The highest BCUT2D eigenvalue weighted by molar-refractivity contribution is 6.04. The summed E-state index contributed by atoms with van der Waals surface area (Å²) in [7, 11) is 1.58. The number of rotatable bonds is 7. The van der Waals surface area contributed by atoms with E-state index in [1.165, 1.54) is 32.1 Å². The number of carbonyl (C=O) groups excluding carboxylic acids is 1. The molecule has 2 N–H and O–H groups in total. The summed E-state index contributed by atoms with van der Waals surface area (Å²) in [4.78, 5) is 12.5. The Morgan fingerprint density at radius 1 is 1.00 bits per heavy atom. The van der Waals surface area contributed by atoms with Crippen molar-refractivity contribution in [1.29, 1.82) is 0 Å². The summed E-state index contributed by atoms with van der Waals surface area (Å²) >= 11 is 0. The van der Waals surface area contributed by atoms with Crippen molar-refractivity contribution >= 4 is 17.3 Å². The third kappa shape index (κ3) is 5.16. The van der Waals surface area contributed by atoms with Crippen molar-refractivity contribution in [1.82, 2.24) is 0 Å². The highest BCUT2D eigenvalue weighted by Crippen LogP contribution is 2.28. The first-order valence-corrected chi connectivity index (χ1v) is 9.68. The number of carbonyl (C=O) groups is 1. The highest BCUT2D eigenvalue weighted by atomic mass is 16.5. The van der Waals surface area contributed by atoms with Gasteiger partial charge in [0.05, 0.1) is 13.7 Å². The summed E-state index contributed by atoms with van der Waals surface area (Å²) in [5.41, 5.74) is 2.40. The van der Waals surface area contributed by atoms with E-state index in [-0.39, 0.29) is 5.91 Å². The zero-order valence-electron chi connectivity index (χ0n) is 16.1. The Morgan fingerprint density at radius 3 is 2.37 bits per heavy atom. The van der Waals surface area contributed by atoms with Gasteiger partial charge in [0.2, 0.25) is 0 Å². The minimum atomic E-state index is -0.174. The van der Waals surface area contributed by atoms with E-state index in [1.807, 2.05) is 31.2 Å². The number of benzene rings is 2. The van der Waals surface area contributed by atoms with E-state index in [9.17, 15) is 4.79 Å². The van der Waals surface area contributed by atoms with Crippen molar-refractivity contribution in [2.24, 2.45) is 0 Å². The van der Waals surface area contributed by atoms with Gasteiger partial charge in [0, 0.05) is 23.0 Å². The summed E-state index contributed by atoms with van der Waals surface area (Å²) in [6, 6.07) is 13.6. The third-order valence-corrected chi connectivity index (χ3v) is 4.84. The van der Waals surface area contributed by atoms with Crippen molar-refractivity contribution in [3.8, 4) is 11.5 Å². The zero-order chi connectivity index (χ0) is 19.1. The smallest absolute Gasteiger partial charge is 0.255 e. The van der Waals surface area contributed by atoms with Crippen molar-refractivity contribution < 1.29 is 14.3 Å². The van der Waals surface area contributed by atoms with Gasteiger partial charge in [-0.3, -0.25) is 4.79 Å². The molecule has 0 atom stereocenters. The van der Waals surface area contributed by atoms with Gasteiger partial charge in [0.1, 0.15) is 0 Å². The molecule has 0 spiro atoms. The summed E-state index contributed by atoms with van der Waals surface area (Å²) in [5, 5.41) is 6.52. The number of amides is 1. The van der Waals surface area contributed by atoms with Crippen molar-refractivity contribution in [2.75, 3.05) is 24.4 Å². The summed E-state index contributed by atoms with van der Waals surface area (Å²) in [6.07, 6.45) is 6.42. The molecule has 0 aliphatic heterocycles. The molecule has 5 heteroatoms. The molecule has 0 aromatic heterocycles. The fourth-order valence-electron chi connectivity index (χ4n) is 3.42. The molecule has 1 fully saturated rings. The Balaban J connectivity index is 1.62. The lowest BCUT2D eigenvalue weighted by Crippen LogP contribution is -2.22. The van der Waals surface area contributed by atoms with E-state index in [2.05, 4.69) is 10.6 Å². The molecule has 2 aromatic carbocycles. The molecule has 0 heterocycles. The number of ether oxygens (including phenoxy) is 2. The molecule has 1 aliphatic carbocycles. The molecule has 3 rings (SSSR count). The van der Waals surface area contributed by atoms with Crippen LogP contribution in [0.5, 0.6) is 11.5 Å². The van der Waals surface area contributed by atoms with Gasteiger partial charge in [0.25, 0.3) is 5.91 Å². The lowest BCUT2D eigenvalue weighted by atomic mass is 9.95. The number of nitrogens with one attached hydrogen (secondary N) is 2. The van der Waals surface area contributed by atoms with Crippen LogP contribution in [0.4, 0.5) is 11.4 Å². The van der Waals surface area contributed by atoms with Gasteiger partial charge in [-0.1, -0.05) is 19.3 Å². The van der Waals surface area contributed by atoms with Gasteiger partial charge in [-0.2, -0.15) is 0 Å². The maximum atomic E-state index is 12.5. The number of anilines is 2. The van der Waals surface area contributed by atoms with Crippen LogP contribution in [0.25, 0.3) is 0 Å². The van der Waals surface area contributed by atoms with Gasteiger partial charge in [0.15, 0.2) is 11.5 Å². The van der Waals surface area contributed by atoms with Crippen LogP contribution in [0.2, 0.25) is 0 Å². The van der Waals surface area contributed by atoms with Gasteiger partial charge in [-0.15, -0.1) is 0 Å². The molecule has 1 saturated carbocycles. The molecule has 2 aromatic rings. The maximum Gasteiger partial charge on any atom is 0.255 e. The molecular weight excluding hydrogens is 340 g/mol. The van der Waals surface area contributed by atoms with Crippen LogP contribution in [0.15, 0.2) is 42.5 Å². The first-order chi connectivity index (χ1) is 13.2. The van der Waals surface area contributed by atoms with E-state index < -0.39 is 0 Å². The second-order valence-corrected chi connectivity index (χ2v) is 6.81. The van der Waals surface area contributed by atoms with E-state index in [0.717, 1.165) is 11.4 Å². The van der Waals surface area contributed by atoms with Crippen LogP contribution in [-0.2, 0) is 0 Å². The van der Waals surface area contributed by atoms with Crippen LogP contribution in [-0.4, -0.2) is 25.7 Å². The van der Waals surface area contributed by atoms with E-state index in [4.69, 9.17) is 9.47 Å². The van der Waals surface area contributed by atoms with E-state index >= 15 is 0 Å². The Morgan fingerprint density at radius 2 is 1.70 bits per heavy atom. The number of hydrogen-bond acceptors (Lipinski definition) is 4. The van der Waals surface area contributed by atoms with Gasteiger partial charge in [-0.25, -0.2) is 0 Å². The molecule has 27 heavy (non-hydrogen) atoms. The fourth-order valence-corrected chi connectivity index (χ4v) is 3.42. The lowest BCUT2D eigenvalue weighted by Gasteiger charge is -2.23. The maximum absolute atomic E-state index is 12.5. The van der Waals surface area contributed by atoms with Crippen molar-refractivity contribution in [2.45, 2.75) is 45.1 Å². The molecule has 0 saturated heterocycles. The average Bonchev–Trinajstić information content (AvgIpc) is 2.70. The fraction of sp³-hybridized carbons (Fsp3) is 0.409. The van der Waals surface area contributed by atoms with Crippen LogP contribution in [0, 0.1) is 0 Å². The molecule has 1 aliphatic rings. The molecule has 0 unspecified atom stereocenters. The Hall–Kier alpha value is -2.69. The Bertz CT molecular complexity index is 753.